The molecular formula is C112H119F12N13O12. The van der Waals surface area contributed by atoms with Crippen LogP contribution in [0.1, 0.15) is 234 Å². The molecule has 5 aromatic carbocycles. The standard InChI is InChI=1S/C29H36F3N3O3.C29H28F2N4O3.C27H26F5N3O3.C27H29F2N3O3/c1-17(2)11-25(35-10-9-23(14-26(35)37)29(30,31)32)28(38)34-24(12-20(5)36)21-13-22(16-33-15-21)27-18(3)7-6-8-19(27)4;1-17(2)11-26(35-16-33-24-10-5-4-7-21(24)29(35)38)28(37)34-25(12-18(3)36)19-13-20(15-32-14-19)27-22(30)8-6-9-23(27)31;1-15(2)9-23(35-14-19(27(30,31)32)7-8-24(35)37)26(38)34-22(10-16(3)36)17-11-18(13-33-12-17)25-20(28)5-4-6-21(25)29;1-16(2)10-24(32-9-8-17(3)11-25(32)34)27(35)31-23(12-18(4)33)19-13-20(15-30-14-19)26-21(28)6-5-7-22(26)29/h6-8,13,15-17,23-25H,9-12,14H2,1-5H3,(H,34,38);4-10,13-17,25-26H,11-12H2,1-3H3,(H,34,37);4-8,11-15,22-23H,9-10H2,1-3H3,(H,34,38);5-9,11,13-16,23-24H,10,12H2,1-4H3,(H,31,35)/t23?,24-,25+;25-,26-;22-,23?;23-,24?/m0000/s1. The Bertz CT molecular complexity index is 6970. The quantitative estimate of drug-likeness (QED) is 0.0265. The summed E-state index contributed by atoms with van der Waals surface area (Å²) in [5.74, 6) is -10.1. The number of amides is 5. The van der Waals surface area contributed by atoms with Crippen LogP contribution >= 0.6 is 0 Å². The van der Waals surface area contributed by atoms with Crippen molar-refractivity contribution in [2.75, 3.05) is 6.54 Å². The van der Waals surface area contributed by atoms with Gasteiger partial charge in [0.2, 0.25) is 29.5 Å². The summed E-state index contributed by atoms with van der Waals surface area (Å²) in [4.78, 5) is 176. The number of nitrogens with one attached hydrogen (secondary N) is 4. The minimum atomic E-state index is -4.74. The van der Waals surface area contributed by atoms with Crippen LogP contribution in [0.25, 0.3) is 55.4 Å². The third-order valence-electron chi connectivity index (χ3n) is 24.8. The molecule has 149 heavy (non-hydrogen) atoms. The highest BCUT2D eigenvalue weighted by atomic mass is 19.4. The summed E-state index contributed by atoms with van der Waals surface area (Å²) in [5.41, 5.74) is 4.07. The number of halogens is 12. The molecule has 0 bridgehead atoms. The summed E-state index contributed by atoms with van der Waals surface area (Å²) in [6, 6.07) is 26.9. The molecule has 9 atom stereocenters. The van der Waals surface area contributed by atoms with Crippen molar-refractivity contribution in [2.24, 2.45) is 29.6 Å². The highest BCUT2D eigenvalue weighted by Gasteiger charge is 2.47. The number of alkyl halides is 6. The lowest BCUT2D eigenvalue weighted by atomic mass is 9.91. The summed E-state index contributed by atoms with van der Waals surface area (Å²) < 4.78 is 169. The number of ketones is 4. The zero-order chi connectivity index (χ0) is 109. The van der Waals surface area contributed by atoms with E-state index in [1.807, 2.05) is 79.7 Å². The number of piperidine rings is 1. The first-order valence-corrected chi connectivity index (χ1v) is 48.5. The van der Waals surface area contributed by atoms with Crippen molar-refractivity contribution in [1.29, 1.82) is 0 Å². The molecule has 0 spiro atoms. The van der Waals surface area contributed by atoms with Crippen LogP contribution in [-0.4, -0.2) is 115 Å². The number of carbonyl (C=O) groups excluding carboxylic acids is 9. The summed E-state index contributed by atoms with van der Waals surface area (Å²) in [6.07, 6.45) is 5.59. The monoisotopic (exact) mass is 2070 g/mol. The predicted molar refractivity (Wildman–Crippen MR) is 539 cm³/mol. The van der Waals surface area contributed by atoms with Crippen LogP contribution in [0.15, 0.2) is 228 Å². The minimum absolute atomic E-state index is 0.0131. The van der Waals surface area contributed by atoms with E-state index < -0.39 is 149 Å². The SMILES string of the molecule is CC(=O)C[C@H](NC(=O)C(CC(C)C)n1cc(C(F)(F)F)ccc1=O)c1cncc(-c2c(F)cccc2F)c1.CC(=O)C[C@H](NC(=O)C(CC(C)C)n1ccc(C)cc1=O)c1cncc(-c2c(F)cccc2F)c1.CC(=O)C[C@H](NC(=O)[C@@H](CC(C)C)N1CCC(C(F)(F)F)CC1=O)c1cncc(-c2c(C)cccc2C)c1.CC(=O)C[C@H](NC(=O)[C@H](CC(C)C)n1cnc2ccccc2c1=O)c1cncc(-c2c(F)cccc2F)c1. The van der Waals surface area contributed by atoms with Gasteiger partial charge in [0.25, 0.3) is 16.7 Å². The van der Waals surface area contributed by atoms with E-state index in [0.29, 0.717) is 59.1 Å². The summed E-state index contributed by atoms with van der Waals surface area (Å²) >= 11 is 0. The minimum Gasteiger partial charge on any atom is -0.347 e. The number of fused-ring (bicyclic) bond motifs is 1. The molecule has 0 radical (unpaired) electrons. The molecule has 5 amide bonds. The Morgan fingerprint density at radius 2 is 0.732 bits per heavy atom. The average Bonchev–Trinajstić information content (AvgIpc) is 0.793. The number of Topliss-reactive ketones (excluding diaryl/α,β-unsaturated/α-hetero) is 4. The number of rotatable bonds is 36. The number of hydrogen-bond acceptors (Lipinski definition) is 17. The van der Waals surface area contributed by atoms with Gasteiger partial charge >= 0.3 is 12.4 Å². The van der Waals surface area contributed by atoms with Crippen LogP contribution in [0.2, 0.25) is 0 Å². The van der Waals surface area contributed by atoms with Gasteiger partial charge in [0.15, 0.2) is 0 Å². The third kappa shape index (κ3) is 31.7. The van der Waals surface area contributed by atoms with Gasteiger partial charge in [0, 0.05) is 135 Å². The van der Waals surface area contributed by atoms with Crippen LogP contribution < -0.4 is 37.9 Å². The first kappa shape index (κ1) is 116. The molecule has 0 aliphatic carbocycles. The lowest BCUT2D eigenvalue weighted by molar-refractivity contribution is -0.191. The van der Waals surface area contributed by atoms with Crippen molar-refractivity contribution in [2.45, 2.75) is 229 Å². The van der Waals surface area contributed by atoms with E-state index in [4.69, 9.17) is 0 Å². The molecule has 12 aromatic rings. The first-order chi connectivity index (χ1) is 70.3. The second-order valence-electron chi connectivity index (χ2n) is 38.9. The number of aromatic nitrogens is 8. The van der Waals surface area contributed by atoms with Gasteiger partial charge < -0.3 is 35.3 Å². The number of carbonyl (C=O) groups is 9. The molecule has 4 N–H and O–H groups in total. The van der Waals surface area contributed by atoms with Crippen LogP contribution in [0.3, 0.4) is 0 Å². The van der Waals surface area contributed by atoms with Gasteiger partial charge in [-0.05, 0) is 234 Å². The van der Waals surface area contributed by atoms with Crippen molar-refractivity contribution in [1.82, 2.24) is 64.8 Å². The van der Waals surface area contributed by atoms with E-state index in [-0.39, 0.29) is 142 Å². The highest BCUT2D eigenvalue weighted by molar-refractivity contribution is 5.90. The zero-order valence-electron chi connectivity index (χ0n) is 85.0. The van der Waals surface area contributed by atoms with E-state index in [0.717, 1.165) is 74.8 Å². The van der Waals surface area contributed by atoms with Gasteiger partial charge in [-0.3, -0.25) is 82.0 Å². The molecule has 1 aliphatic heterocycles. The molecule has 7 aromatic heterocycles. The maximum absolute atomic E-state index is 14.4. The molecule has 25 nitrogen and oxygen atoms in total. The van der Waals surface area contributed by atoms with Gasteiger partial charge in [-0.15, -0.1) is 0 Å². The Kier molecular flexibility index (Phi) is 40.4. The highest BCUT2D eigenvalue weighted by Crippen LogP contribution is 2.40. The van der Waals surface area contributed by atoms with E-state index in [2.05, 4.69) is 46.2 Å². The lowest BCUT2D eigenvalue weighted by Gasteiger charge is -2.38. The zero-order valence-corrected chi connectivity index (χ0v) is 85.0. The van der Waals surface area contributed by atoms with E-state index in [9.17, 15) is 110 Å². The van der Waals surface area contributed by atoms with Gasteiger partial charge in [0.05, 0.1) is 69.6 Å². The number of nitrogens with zero attached hydrogens (tertiary/aromatic N) is 9. The Morgan fingerprint density at radius 1 is 0.389 bits per heavy atom. The molecule has 1 saturated heterocycles. The summed E-state index contributed by atoms with van der Waals surface area (Å²) in [7, 11) is 0. The molecule has 1 fully saturated rings. The van der Waals surface area contributed by atoms with Crippen molar-refractivity contribution in [3.8, 4) is 44.5 Å². The normalized spacial score (nSPS) is 14.3. The predicted octanol–water partition coefficient (Wildman–Crippen LogP) is 21.4. The van der Waals surface area contributed by atoms with E-state index in [1.54, 1.807) is 69.7 Å². The first-order valence-electron chi connectivity index (χ1n) is 48.5. The van der Waals surface area contributed by atoms with Gasteiger partial charge in [-0.25, -0.2) is 31.3 Å². The Morgan fingerprint density at radius 3 is 1.08 bits per heavy atom. The molecule has 1 aliphatic rings. The summed E-state index contributed by atoms with van der Waals surface area (Å²) in [6.45, 7) is 26.1. The number of hydrogen-bond donors (Lipinski definition) is 4. The van der Waals surface area contributed by atoms with Crippen LogP contribution in [0, 0.1) is 85.3 Å². The molecule has 13 rings (SSSR count). The van der Waals surface area contributed by atoms with Crippen molar-refractivity contribution < 1.29 is 95.8 Å². The molecule has 0 saturated carbocycles. The molecule has 3 unspecified atom stereocenters. The number of likely N-dealkylation sites (tertiary alicyclic amines) is 1. The third-order valence-corrected chi connectivity index (χ3v) is 24.8. The number of aryl methyl sites for hydroxylation is 3. The molecule has 788 valence electrons. The fraction of sp³-hybridized carbons (Fsp3) is 0.366. The summed E-state index contributed by atoms with van der Waals surface area (Å²) in [5, 5.41) is 11.7. The van der Waals surface area contributed by atoms with E-state index in [1.165, 1.54) is 128 Å². The van der Waals surface area contributed by atoms with Crippen LogP contribution in [0.5, 0.6) is 0 Å². The lowest BCUT2D eigenvalue weighted by Crippen LogP contribution is -2.54. The van der Waals surface area contributed by atoms with Crippen molar-refractivity contribution in [3.63, 3.8) is 0 Å². The second-order valence-corrected chi connectivity index (χ2v) is 38.9. The van der Waals surface area contributed by atoms with E-state index >= 15 is 0 Å². The fourth-order valence-corrected chi connectivity index (χ4v) is 17.7. The number of para-hydroxylation sites is 1. The smallest absolute Gasteiger partial charge is 0.347 e. The Hall–Kier alpha value is -15.1. The molecule has 37 heteroatoms. The van der Waals surface area contributed by atoms with Crippen LogP contribution in [0.4, 0.5) is 52.7 Å². The molecular weight excluding hydrogens is 1950 g/mol. The molecule has 8 heterocycles. The van der Waals surface area contributed by atoms with Gasteiger partial charge in [0.1, 0.15) is 82.2 Å². The average molecular weight is 2070 g/mol. The second kappa shape index (κ2) is 52.0. The Balaban J connectivity index is 0.000000203. The largest absolute Gasteiger partial charge is 0.417 e. The maximum Gasteiger partial charge on any atom is 0.417 e. The topological polar surface area (TPSA) is 335 Å². The van der Waals surface area contributed by atoms with Gasteiger partial charge in [-0.1, -0.05) is 104 Å². The maximum atomic E-state index is 14.4. The Labute approximate surface area is 853 Å². The van der Waals surface area contributed by atoms with Gasteiger partial charge in [-0.2, -0.15) is 26.3 Å². The van der Waals surface area contributed by atoms with Crippen molar-refractivity contribution >= 4 is 63.6 Å². The number of benzene rings is 5. The van der Waals surface area contributed by atoms with Crippen LogP contribution in [-0.2, 0) is 49.3 Å². The number of pyridine rings is 6. The fourth-order valence-electron chi connectivity index (χ4n) is 17.7. The van der Waals surface area contributed by atoms with Crippen molar-refractivity contribution in [3.05, 3.63) is 324 Å².